The van der Waals surface area contributed by atoms with Gasteiger partial charge in [0.15, 0.2) is 5.69 Å². The third-order valence-corrected chi connectivity index (χ3v) is 3.18. The number of pyridine rings is 1. The third kappa shape index (κ3) is 2.48. The van der Waals surface area contributed by atoms with E-state index >= 15 is 0 Å². The van der Waals surface area contributed by atoms with Crippen molar-refractivity contribution >= 4 is 11.5 Å². The number of rotatable bonds is 1. The zero-order valence-corrected chi connectivity index (χ0v) is 9.85. The van der Waals surface area contributed by atoms with Crippen LogP contribution in [0, 0.1) is 11.3 Å². The van der Waals surface area contributed by atoms with E-state index in [1.807, 2.05) is 19.1 Å². The minimum absolute atomic E-state index is 0.264. The molecule has 0 aliphatic carbocycles. The average molecular weight is 232 g/mol. The van der Waals surface area contributed by atoms with E-state index in [0.717, 1.165) is 18.9 Å². The molecule has 0 bridgehead atoms. The van der Waals surface area contributed by atoms with E-state index in [4.69, 9.17) is 11.0 Å². The Morgan fingerprint density at radius 2 is 2.12 bits per heavy atom. The summed E-state index contributed by atoms with van der Waals surface area (Å²) in [5, 5.41) is 18.7. The molecule has 17 heavy (non-hydrogen) atoms. The van der Waals surface area contributed by atoms with Gasteiger partial charge in [-0.3, -0.25) is 0 Å². The first kappa shape index (κ1) is 11.7. The van der Waals surface area contributed by atoms with Crippen LogP contribution >= 0.6 is 0 Å². The molecule has 3 N–H and O–H groups in total. The van der Waals surface area contributed by atoms with Crippen LogP contribution in [-0.2, 0) is 0 Å². The van der Waals surface area contributed by atoms with Crippen molar-refractivity contribution in [2.75, 3.05) is 23.7 Å². The average Bonchev–Trinajstić information content (AvgIpc) is 2.30. The summed E-state index contributed by atoms with van der Waals surface area (Å²) in [5.41, 5.74) is 5.71. The fraction of sp³-hybridized carbons (Fsp3) is 0.500. The molecule has 2 rings (SSSR count). The smallest absolute Gasteiger partial charge is 0.165 e. The number of aliphatic hydroxyl groups is 1. The molecule has 5 nitrogen and oxygen atoms in total. The Kier molecular flexibility index (Phi) is 2.90. The summed E-state index contributed by atoms with van der Waals surface area (Å²) < 4.78 is 0. The van der Waals surface area contributed by atoms with E-state index in [0.29, 0.717) is 18.5 Å². The lowest BCUT2D eigenvalue weighted by Crippen LogP contribution is -2.42. The van der Waals surface area contributed by atoms with Gasteiger partial charge in [-0.25, -0.2) is 4.98 Å². The molecule has 2 heterocycles. The van der Waals surface area contributed by atoms with E-state index < -0.39 is 5.60 Å². The number of nitriles is 1. The van der Waals surface area contributed by atoms with Crippen molar-refractivity contribution in [1.29, 1.82) is 5.26 Å². The molecular weight excluding hydrogens is 216 g/mol. The van der Waals surface area contributed by atoms with Crippen molar-refractivity contribution in [3.63, 3.8) is 0 Å². The van der Waals surface area contributed by atoms with Crippen LogP contribution in [0.3, 0.4) is 0 Å². The summed E-state index contributed by atoms with van der Waals surface area (Å²) in [6.07, 6.45) is 1.42. The van der Waals surface area contributed by atoms with Gasteiger partial charge in [0, 0.05) is 13.1 Å². The maximum atomic E-state index is 9.86. The van der Waals surface area contributed by atoms with Gasteiger partial charge >= 0.3 is 0 Å². The summed E-state index contributed by atoms with van der Waals surface area (Å²) in [6, 6.07) is 5.50. The number of nitrogens with two attached hydrogens (primary N) is 1. The highest BCUT2D eigenvalue weighted by Crippen LogP contribution is 2.25. The maximum absolute atomic E-state index is 9.86. The predicted octanol–water partition coefficient (Wildman–Crippen LogP) is 0.887. The van der Waals surface area contributed by atoms with Crippen LogP contribution in [0.2, 0.25) is 0 Å². The van der Waals surface area contributed by atoms with Crippen LogP contribution in [0.1, 0.15) is 25.5 Å². The minimum Gasteiger partial charge on any atom is -0.396 e. The largest absolute Gasteiger partial charge is 0.396 e. The zero-order valence-electron chi connectivity index (χ0n) is 9.85. The van der Waals surface area contributed by atoms with Crippen molar-refractivity contribution < 1.29 is 5.11 Å². The first-order chi connectivity index (χ1) is 8.02. The van der Waals surface area contributed by atoms with Gasteiger partial charge in [-0.1, -0.05) is 0 Å². The second-order valence-electron chi connectivity index (χ2n) is 4.70. The lowest BCUT2D eigenvalue weighted by Gasteiger charge is -2.36. The molecule has 1 aliphatic rings. The van der Waals surface area contributed by atoms with E-state index in [2.05, 4.69) is 9.88 Å². The lowest BCUT2D eigenvalue weighted by atomic mass is 9.94. The number of hydrogen-bond acceptors (Lipinski definition) is 5. The first-order valence-corrected chi connectivity index (χ1v) is 5.66. The van der Waals surface area contributed by atoms with Gasteiger partial charge in [0.05, 0.1) is 11.3 Å². The summed E-state index contributed by atoms with van der Waals surface area (Å²) in [4.78, 5) is 6.29. The number of nitrogen functional groups attached to an aromatic ring is 1. The molecule has 1 aromatic rings. The van der Waals surface area contributed by atoms with E-state index in [1.54, 1.807) is 6.07 Å². The highest BCUT2D eigenvalue weighted by molar-refractivity contribution is 5.55. The van der Waals surface area contributed by atoms with Gasteiger partial charge in [-0.15, -0.1) is 0 Å². The molecule has 1 fully saturated rings. The van der Waals surface area contributed by atoms with Crippen LogP contribution in [0.15, 0.2) is 12.1 Å². The zero-order chi connectivity index (χ0) is 12.5. The topological polar surface area (TPSA) is 86.2 Å². The number of hydrogen-bond donors (Lipinski definition) is 2. The van der Waals surface area contributed by atoms with Crippen LogP contribution in [0.5, 0.6) is 0 Å². The monoisotopic (exact) mass is 232 g/mol. The molecular formula is C12H16N4O. The maximum Gasteiger partial charge on any atom is 0.165 e. The van der Waals surface area contributed by atoms with Crippen LogP contribution in [-0.4, -0.2) is 28.8 Å². The van der Waals surface area contributed by atoms with E-state index in [-0.39, 0.29) is 5.69 Å². The molecule has 1 aromatic heterocycles. The number of nitrogens with zero attached hydrogens (tertiary/aromatic N) is 3. The third-order valence-electron chi connectivity index (χ3n) is 3.18. The molecule has 0 unspecified atom stereocenters. The molecule has 0 aromatic carbocycles. The Morgan fingerprint density at radius 3 is 2.71 bits per heavy atom. The fourth-order valence-electron chi connectivity index (χ4n) is 1.94. The normalized spacial score (nSPS) is 18.8. The van der Waals surface area contributed by atoms with Gasteiger partial charge < -0.3 is 15.7 Å². The summed E-state index contributed by atoms with van der Waals surface area (Å²) in [6.45, 7) is 3.34. The highest BCUT2D eigenvalue weighted by atomic mass is 16.3. The lowest BCUT2D eigenvalue weighted by molar-refractivity contribution is 0.0350. The molecule has 1 aliphatic heterocycles. The van der Waals surface area contributed by atoms with Crippen molar-refractivity contribution in [3.05, 3.63) is 17.8 Å². The Morgan fingerprint density at radius 1 is 1.47 bits per heavy atom. The Balaban J connectivity index is 2.17. The van der Waals surface area contributed by atoms with Crippen molar-refractivity contribution in [2.24, 2.45) is 0 Å². The van der Waals surface area contributed by atoms with Crippen molar-refractivity contribution in [2.45, 2.75) is 25.4 Å². The van der Waals surface area contributed by atoms with Gasteiger partial charge in [0.1, 0.15) is 11.9 Å². The van der Waals surface area contributed by atoms with E-state index in [9.17, 15) is 5.11 Å². The van der Waals surface area contributed by atoms with Gasteiger partial charge in [-0.05, 0) is 31.9 Å². The van der Waals surface area contributed by atoms with Gasteiger partial charge in [0.2, 0.25) is 0 Å². The van der Waals surface area contributed by atoms with Crippen molar-refractivity contribution in [3.8, 4) is 6.07 Å². The summed E-state index contributed by atoms with van der Waals surface area (Å²) >= 11 is 0. The SMILES string of the molecule is CC1(O)CCN(c2ccc(N)c(C#N)n2)CC1. The predicted molar refractivity (Wildman–Crippen MR) is 65.4 cm³/mol. The second-order valence-corrected chi connectivity index (χ2v) is 4.70. The molecule has 0 atom stereocenters. The number of aromatic nitrogens is 1. The summed E-state index contributed by atoms with van der Waals surface area (Å²) in [7, 11) is 0. The molecule has 0 amide bonds. The van der Waals surface area contributed by atoms with Gasteiger partial charge in [0.25, 0.3) is 0 Å². The Bertz CT molecular complexity index is 454. The molecule has 90 valence electrons. The number of piperidine rings is 1. The molecule has 5 heteroatoms. The highest BCUT2D eigenvalue weighted by Gasteiger charge is 2.27. The van der Waals surface area contributed by atoms with Gasteiger partial charge in [-0.2, -0.15) is 5.26 Å². The second kappa shape index (κ2) is 4.22. The quantitative estimate of drug-likeness (QED) is 0.750. The van der Waals surface area contributed by atoms with Crippen LogP contribution in [0.4, 0.5) is 11.5 Å². The Labute approximate surface area is 100 Å². The molecule has 0 radical (unpaired) electrons. The van der Waals surface area contributed by atoms with E-state index in [1.165, 1.54) is 0 Å². The minimum atomic E-state index is -0.581. The van der Waals surface area contributed by atoms with Crippen LogP contribution < -0.4 is 10.6 Å². The first-order valence-electron chi connectivity index (χ1n) is 5.66. The van der Waals surface area contributed by atoms with Crippen molar-refractivity contribution in [1.82, 2.24) is 4.98 Å². The fourth-order valence-corrected chi connectivity index (χ4v) is 1.94. The number of anilines is 2. The summed E-state index contributed by atoms with van der Waals surface area (Å²) in [5.74, 6) is 0.756. The standard InChI is InChI=1S/C12H16N4O/c1-12(17)4-6-16(7-5-12)11-3-2-9(14)10(8-13)15-11/h2-3,17H,4-7,14H2,1H3. The molecule has 1 saturated heterocycles. The molecule has 0 spiro atoms. The van der Waals surface area contributed by atoms with Crippen LogP contribution in [0.25, 0.3) is 0 Å². The molecule has 0 saturated carbocycles. The Hall–Kier alpha value is -1.80.